The van der Waals surface area contributed by atoms with E-state index in [0.717, 1.165) is 12.4 Å². The van der Waals surface area contributed by atoms with Crippen molar-refractivity contribution in [3.8, 4) is 0 Å². The zero-order valence-corrected chi connectivity index (χ0v) is 9.17. The first-order chi connectivity index (χ1) is 6.81. The molecule has 76 valence electrons. The highest BCUT2D eigenvalue weighted by Gasteiger charge is 2.23. The fraction of sp³-hybridized carbons (Fsp3) is 0.545. The summed E-state index contributed by atoms with van der Waals surface area (Å²) < 4.78 is 0. The molecular formula is C11H15ClN2. The van der Waals surface area contributed by atoms with Crippen molar-refractivity contribution in [3.05, 3.63) is 23.4 Å². The smallest absolute Gasteiger partial charge is 0.131 e. The molecule has 0 aromatic carbocycles. The van der Waals surface area contributed by atoms with E-state index in [9.17, 15) is 0 Å². The lowest BCUT2D eigenvalue weighted by molar-refractivity contribution is 0.640. The number of nitrogens with zero attached hydrogens (tertiary/aromatic N) is 2. The second-order valence-electron chi connectivity index (χ2n) is 3.72. The predicted octanol–water partition coefficient (Wildman–Crippen LogP) is 3.11. The first-order valence-corrected chi connectivity index (χ1v) is 5.58. The number of pyridine rings is 1. The van der Waals surface area contributed by atoms with Crippen molar-refractivity contribution in [2.45, 2.75) is 32.2 Å². The van der Waals surface area contributed by atoms with Crippen LogP contribution in [0.2, 0.25) is 5.15 Å². The van der Waals surface area contributed by atoms with Crippen LogP contribution in [-0.4, -0.2) is 17.6 Å². The third-order valence-corrected chi connectivity index (χ3v) is 3.05. The Kier molecular flexibility index (Phi) is 2.92. The third-order valence-electron chi connectivity index (χ3n) is 2.84. The lowest BCUT2D eigenvalue weighted by Gasteiger charge is -2.24. The molecule has 0 aliphatic carbocycles. The van der Waals surface area contributed by atoms with Crippen molar-refractivity contribution in [1.29, 1.82) is 0 Å². The van der Waals surface area contributed by atoms with Crippen molar-refractivity contribution < 1.29 is 0 Å². The highest BCUT2D eigenvalue weighted by Crippen LogP contribution is 2.26. The standard InChI is InChI=1S/C11H15ClN2/c1-2-9-5-4-8-14(9)11-7-3-6-10(12)13-11/h3,6-7,9H,2,4-5,8H2,1H3. The Bertz CT molecular complexity index is 314. The first-order valence-electron chi connectivity index (χ1n) is 5.20. The Morgan fingerprint density at radius 2 is 2.43 bits per heavy atom. The van der Waals surface area contributed by atoms with Gasteiger partial charge in [0.15, 0.2) is 0 Å². The number of anilines is 1. The molecule has 2 heterocycles. The molecule has 2 rings (SSSR count). The van der Waals surface area contributed by atoms with Crippen LogP contribution in [0.15, 0.2) is 18.2 Å². The molecule has 1 atom stereocenters. The monoisotopic (exact) mass is 210 g/mol. The molecule has 1 unspecified atom stereocenters. The van der Waals surface area contributed by atoms with E-state index in [1.807, 2.05) is 18.2 Å². The zero-order valence-electron chi connectivity index (χ0n) is 8.41. The normalized spacial score (nSPS) is 21.6. The Hall–Kier alpha value is -0.760. The number of rotatable bonds is 2. The fourth-order valence-corrected chi connectivity index (χ4v) is 2.28. The maximum absolute atomic E-state index is 5.88. The van der Waals surface area contributed by atoms with E-state index >= 15 is 0 Å². The molecule has 3 heteroatoms. The van der Waals surface area contributed by atoms with Gasteiger partial charge in [0.1, 0.15) is 11.0 Å². The Balaban J connectivity index is 2.21. The average Bonchev–Trinajstić information content (AvgIpc) is 2.65. The molecule has 1 aliphatic rings. The number of hydrogen-bond donors (Lipinski definition) is 0. The van der Waals surface area contributed by atoms with Crippen molar-refractivity contribution in [2.24, 2.45) is 0 Å². The van der Waals surface area contributed by atoms with Crippen molar-refractivity contribution in [3.63, 3.8) is 0 Å². The van der Waals surface area contributed by atoms with Gasteiger partial charge in [-0.2, -0.15) is 0 Å². The van der Waals surface area contributed by atoms with Crippen LogP contribution in [0.3, 0.4) is 0 Å². The van der Waals surface area contributed by atoms with Gasteiger partial charge in [0.25, 0.3) is 0 Å². The van der Waals surface area contributed by atoms with Crippen LogP contribution in [0.25, 0.3) is 0 Å². The van der Waals surface area contributed by atoms with E-state index in [-0.39, 0.29) is 0 Å². The third kappa shape index (κ3) is 1.85. The summed E-state index contributed by atoms with van der Waals surface area (Å²) in [6.07, 6.45) is 3.74. The summed E-state index contributed by atoms with van der Waals surface area (Å²) in [6.45, 7) is 3.35. The van der Waals surface area contributed by atoms with E-state index in [1.165, 1.54) is 19.3 Å². The SMILES string of the molecule is CCC1CCCN1c1cccc(Cl)n1. The van der Waals surface area contributed by atoms with Gasteiger partial charge >= 0.3 is 0 Å². The van der Waals surface area contributed by atoms with Crippen LogP contribution in [0.4, 0.5) is 5.82 Å². The summed E-state index contributed by atoms with van der Waals surface area (Å²) in [7, 11) is 0. The molecule has 14 heavy (non-hydrogen) atoms. The van der Waals surface area contributed by atoms with E-state index in [4.69, 9.17) is 11.6 Å². The summed E-state index contributed by atoms with van der Waals surface area (Å²) in [5.74, 6) is 1.03. The molecule has 0 N–H and O–H groups in total. The van der Waals surface area contributed by atoms with E-state index < -0.39 is 0 Å². The quantitative estimate of drug-likeness (QED) is 0.698. The van der Waals surface area contributed by atoms with Crippen molar-refractivity contribution in [1.82, 2.24) is 4.98 Å². The van der Waals surface area contributed by atoms with Crippen LogP contribution in [0, 0.1) is 0 Å². The van der Waals surface area contributed by atoms with Gasteiger partial charge in [0.05, 0.1) is 0 Å². The highest BCUT2D eigenvalue weighted by atomic mass is 35.5. The van der Waals surface area contributed by atoms with Gasteiger partial charge in [0, 0.05) is 12.6 Å². The lowest BCUT2D eigenvalue weighted by Crippen LogP contribution is -2.29. The minimum Gasteiger partial charge on any atom is -0.354 e. The molecule has 0 spiro atoms. The van der Waals surface area contributed by atoms with Gasteiger partial charge in [-0.15, -0.1) is 0 Å². The van der Waals surface area contributed by atoms with Crippen LogP contribution in [0.1, 0.15) is 26.2 Å². The van der Waals surface area contributed by atoms with E-state index in [2.05, 4.69) is 16.8 Å². The number of aromatic nitrogens is 1. The van der Waals surface area contributed by atoms with E-state index in [1.54, 1.807) is 0 Å². The molecule has 1 aliphatic heterocycles. The maximum atomic E-state index is 5.88. The summed E-state index contributed by atoms with van der Waals surface area (Å²) in [5.41, 5.74) is 0. The zero-order chi connectivity index (χ0) is 9.97. The fourth-order valence-electron chi connectivity index (χ4n) is 2.12. The van der Waals surface area contributed by atoms with Gasteiger partial charge in [-0.1, -0.05) is 24.6 Å². The molecule has 1 aromatic rings. The molecule has 1 saturated heterocycles. The van der Waals surface area contributed by atoms with Crippen molar-refractivity contribution >= 4 is 17.4 Å². The summed E-state index contributed by atoms with van der Waals surface area (Å²) in [6, 6.07) is 6.48. The van der Waals surface area contributed by atoms with Gasteiger partial charge in [-0.3, -0.25) is 0 Å². The predicted molar refractivity (Wildman–Crippen MR) is 59.9 cm³/mol. The van der Waals surface area contributed by atoms with Crippen LogP contribution in [-0.2, 0) is 0 Å². The molecule has 0 saturated carbocycles. The maximum Gasteiger partial charge on any atom is 0.131 e. The Morgan fingerprint density at radius 3 is 3.14 bits per heavy atom. The topological polar surface area (TPSA) is 16.1 Å². The van der Waals surface area contributed by atoms with Crippen molar-refractivity contribution in [2.75, 3.05) is 11.4 Å². The van der Waals surface area contributed by atoms with Gasteiger partial charge in [-0.25, -0.2) is 4.98 Å². The molecule has 0 amide bonds. The second-order valence-corrected chi connectivity index (χ2v) is 4.10. The summed E-state index contributed by atoms with van der Waals surface area (Å²) in [5, 5.41) is 0.587. The van der Waals surface area contributed by atoms with Crippen LogP contribution >= 0.6 is 11.6 Å². The molecule has 2 nitrogen and oxygen atoms in total. The van der Waals surface area contributed by atoms with Gasteiger partial charge in [0.2, 0.25) is 0 Å². The molecule has 0 radical (unpaired) electrons. The summed E-state index contributed by atoms with van der Waals surface area (Å²) in [4.78, 5) is 6.71. The lowest BCUT2D eigenvalue weighted by atomic mass is 10.2. The largest absolute Gasteiger partial charge is 0.354 e. The van der Waals surface area contributed by atoms with E-state index in [0.29, 0.717) is 11.2 Å². The molecule has 0 bridgehead atoms. The number of hydrogen-bond acceptors (Lipinski definition) is 2. The Labute approximate surface area is 89.9 Å². The Morgan fingerprint density at radius 1 is 1.57 bits per heavy atom. The molecule has 1 aromatic heterocycles. The van der Waals surface area contributed by atoms with Crippen LogP contribution < -0.4 is 4.90 Å². The van der Waals surface area contributed by atoms with Gasteiger partial charge in [-0.05, 0) is 31.4 Å². The molecular weight excluding hydrogens is 196 g/mol. The molecule has 1 fully saturated rings. The second kappa shape index (κ2) is 4.18. The minimum absolute atomic E-state index is 0.587. The number of halogens is 1. The van der Waals surface area contributed by atoms with Crippen LogP contribution in [0.5, 0.6) is 0 Å². The first kappa shape index (κ1) is 9.78. The van der Waals surface area contributed by atoms with Gasteiger partial charge < -0.3 is 4.90 Å². The highest BCUT2D eigenvalue weighted by molar-refractivity contribution is 6.29. The average molecular weight is 211 g/mol. The summed E-state index contributed by atoms with van der Waals surface area (Å²) >= 11 is 5.88. The minimum atomic E-state index is 0.587.